The number of hydrogen-bond donors (Lipinski definition) is 2. The molecule has 0 saturated carbocycles. The van der Waals surface area contributed by atoms with Gasteiger partial charge in [0.25, 0.3) is 0 Å². The summed E-state index contributed by atoms with van der Waals surface area (Å²) in [6.07, 6.45) is 0.547. The minimum Gasteiger partial charge on any atom is -0.493 e. The molecule has 0 bridgehead atoms. The molecule has 1 heterocycles. The van der Waals surface area contributed by atoms with Crippen molar-refractivity contribution < 1.29 is 19.3 Å². The van der Waals surface area contributed by atoms with E-state index < -0.39 is 5.60 Å². The number of nitrogens with two attached hydrogens (primary N) is 1. The Morgan fingerprint density at radius 1 is 1.33 bits per heavy atom. The van der Waals surface area contributed by atoms with Crippen LogP contribution in [-0.4, -0.2) is 24.1 Å². The summed E-state index contributed by atoms with van der Waals surface area (Å²) in [6.45, 7) is 4.52. The lowest BCUT2D eigenvalue weighted by Gasteiger charge is -2.18. The maximum Gasteiger partial charge on any atom is 0.231 e. The Bertz CT molecular complexity index is 426. The van der Waals surface area contributed by atoms with E-state index >= 15 is 0 Å². The third kappa shape index (κ3) is 3.05. The summed E-state index contributed by atoms with van der Waals surface area (Å²) in [6, 6.07) is 3.62. The van der Waals surface area contributed by atoms with Gasteiger partial charge in [0.1, 0.15) is 5.75 Å². The van der Waals surface area contributed by atoms with E-state index in [1.165, 1.54) is 0 Å². The first-order valence-electron chi connectivity index (χ1n) is 5.97. The van der Waals surface area contributed by atoms with Crippen molar-refractivity contribution in [1.29, 1.82) is 0 Å². The molecule has 0 saturated heterocycles. The molecule has 5 nitrogen and oxygen atoms in total. The minimum atomic E-state index is -0.737. The molecule has 1 aromatic carbocycles. The predicted molar refractivity (Wildman–Crippen MR) is 66.9 cm³/mol. The van der Waals surface area contributed by atoms with E-state index in [0.717, 1.165) is 5.56 Å². The lowest BCUT2D eigenvalue weighted by atomic mass is 10.1. The summed E-state index contributed by atoms with van der Waals surface area (Å²) < 4.78 is 16.2. The van der Waals surface area contributed by atoms with Crippen LogP contribution in [0.2, 0.25) is 0 Å². The number of rotatable bonds is 5. The van der Waals surface area contributed by atoms with Crippen LogP contribution in [0.3, 0.4) is 0 Å². The monoisotopic (exact) mass is 253 g/mol. The second-order valence-electron chi connectivity index (χ2n) is 4.93. The first-order chi connectivity index (χ1) is 8.49. The molecular formula is C13H19NO4. The van der Waals surface area contributed by atoms with Gasteiger partial charge in [0.2, 0.25) is 6.79 Å². The number of ether oxygens (including phenoxy) is 3. The molecule has 1 aromatic rings. The number of hydrogen-bond acceptors (Lipinski definition) is 5. The zero-order chi connectivity index (χ0) is 13.2. The fourth-order valence-corrected chi connectivity index (χ4v) is 1.67. The highest BCUT2D eigenvalue weighted by Crippen LogP contribution is 2.38. The summed E-state index contributed by atoms with van der Waals surface area (Å²) in [4.78, 5) is 0. The van der Waals surface area contributed by atoms with Gasteiger partial charge in [-0.05, 0) is 19.9 Å². The maximum absolute atomic E-state index is 9.63. The van der Waals surface area contributed by atoms with Crippen molar-refractivity contribution in [3.63, 3.8) is 0 Å². The fourth-order valence-electron chi connectivity index (χ4n) is 1.67. The molecule has 3 N–H and O–H groups in total. The van der Waals surface area contributed by atoms with E-state index in [9.17, 15) is 5.11 Å². The second-order valence-corrected chi connectivity index (χ2v) is 4.93. The van der Waals surface area contributed by atoms with Crippen molar-refractivity contribution in [1.82, 2.24) is 0 Å². The molecule has 0 aromatic heterocycles. The molecule has 0 atom stereocenters. The van der Waals surface area contributed by atoms with Crippen molar-refractivity contribution >= 4 is 0 Å². The van der Waals surface area contributed by atoms with Gasteiger partial charge in [0, 0.05) is 24.6 Å². The Balaban J connectivity index is 2.07. The predicted octanol–water partition coefficient (Wildman–Crippen LogP) is 1.41. The van der Waals surface area contributed by atoms with Crippen LogP contribution in [0.1, 0.15) is 25.8 Å². The van der Waals surface area contributed by atoms with Crippen molar-refractivity contribution in [2.24, 2.45) is 5.73 Å². The third-order valence-electron chi connectivity index (χ3n) is 2.75. The first-order valence-corrected chi connectivity index (χ1v) is 5.97. The molecule has 0 amide bonds. The molecule has 5 heteroatoms. The molecular weight excluding hydrogens is 234 g/mol. The van der Waals surface area contributed by atoms with Crippen molar-refractivity contribution in [3.8, 4) is 17.2 Å². The Hall–Kier alpha value is -1.46. The van der Waals surface area contributed by atoms with Crippen LogP contribution in [0.4, 0.5) is 0 Å². The third-order valence-corrected chi connectivity index (χ3v) is 2.75. The first kappa shape index (κ1) is 13.0. The topological polar surface area (TPSA) is 73.9 Å². The van der Waals surface area contributed by atoms with Crippen LogP contribution in [0.25, 0.3) is 0 Å². The standard InChI is InChI=1S/C13H19NO4/c1-13(2,15)3-4-16-10-6-12-11(17-8-18-12)5-9(10)7-14/h5-6,15H,3-4,7-8,14H2,1-2H3. The van der Waals surface area contributed by atoms with Crippen LogP contribution < -0.4 is 19.9 Å². The van der Waals surface area contributed by atoms with Gasteiger partial charge >= 0.3 is 0 Å². The van der Waals surface area contributed by atoms with E-state index in [4.69, 9.17) is 19.9 Å². The van der Waals surface area contributed by atoms with E-state index in [-0.39, 0.29) is 6.79 Å². The van der Waals surface area contributed by atoms with Crippen molar-refractivity contribution in [2.45, 2.75) is 32.4 Å². The lowest BCUT2D eigenvalue weighted by molar-refractivity contribution is 0.0552. The molecule has 2 rings (SSSR count). The van der Waals surface area contributed by atoms with E-state index in [2.05, 4.69) is 0 Å². The molecule has 1 aliphatic rings. The summed E-state index contributed by atoms with van der Waals surface area (Å²) in [5.74, 6) is 2.06. The van der Waals surface area contributed by atoms with Gasteiger partial charge in [-0.25, -0.2) is 0 Å². The highest BCUT2D eigenvalue weighted by molar-refractivity contribution is 5.51. The summed E-state index contributed by atoms with van der Waals surface area (Å²) in [5, 5.41) is 9.63. The highest BCUT2D eigenvalue weighted by Gasteiger charge is 2.18. The minimum absolute atomic E-state index is 0.229. The SMILES string of the molecule is CC(C)(O)CCOc1cc2c(cc1CN)OCO2. The van der Waals surface area contributed by atoms with Crippen molar-refractivity contribution in [3.05, 3.63) is 17.7 Å². The van der Waals surface area contributed by atoms with Gasteiger partial charge in [-0.1, -0.05) is 0 Å². The molecule has 18 heavy (non-hydrogen) atoms. The molecule has 0 unspecified atom stereocenters. The van der Waals surface area contributed by atoms with Crippen LogP contribution in [0.15, 0.2) is 12.1 Å². The average molecular weight is 253 g/mol. The number of aliphatic hydroxyl groups is 1. The highest BCUT2D eigenvalue weighted by atomic mass is 16.7. The Morgan fingerprint density at radius 3 is 2.61 bits per heavy atom. The maximum atomic E-state index is 9.63. The van der Waals surface area contributed by atoms with Gasteiger partial charge in [-0.15, -0.1) is 0 Å². The Labute approximate surface area is 106 Å². The van der Waals surface area contributed by atoms with Crippen LogP contribution >= 0.6 is 0 Å². The molecule has 0 aliphatic carbocycles. The van der Waals surface area contributed by atoms with Gasteiger partial charge in [0.15, 0.2) is 11.5 Å². The Kier molecular flexibility index (Phi) is 3.63. The molecule has 0 spiro atoms. The summed E-state index contributed by atoms with van der Waals surface area (Å²) in [5.41, 5.74) is 5.81. The quantitative estimate of drug-likeness (QED) is 0.830. The fraction of sp³-hybridized carbons (Fsp3) is 0.538. The smallest absolute Gasteiger partial charge is 0.231 e. The van der Waals surface area contributed by atoms with Gasteiger partial charge < -0.3 is 25.1 Å². The van der Waals surface area contributed by atoms with Crippen LogP contribution in [-0.2, 0) is 6.54 Å². The summed E-state index contributed by atoms with van der Waals surface area (Å²) in [7, 11) is 0. The van der Waals surface area contributed by atoms with E-state index in [1.807, 2.05) is 6.07 Å². The molecule has 0 fully saturated rings. The zero-order valence-corrected chi connectivity index (χ0v) is 10.7. The van der Waals surface area contributed by atoms with E-state index in [0.29, 0.717) is 36.8 Å². The number of benzene rings is 1. The zero-order valence-electron chi connectivity index (χ0n) is 10.7. The number of fused-ring (bicyclic) bond motifs is 1. The Morgan fingerprint density at radius 2 is 2.00 bits per heavy atom. The normalized spacial score (nSPS) is 13.8. The molecule has 1 aliphatic heterocycles. The molecule has 0 radical (unpaired) electrons. The van der Waals surface area contributed by atoms with E-state index in [1.54, 1.807) is 19.9 Å². The van der Waals surface area contributed by atoms with Crippen LogP contribution in [0.5, 0.6) is 17.2 Å². The second kappa shape index (κ2) is 5.04. The average Bonchev–Trinajstić information content (AvgIpc) is 2.73. The van der Waals surface area contributed by atoms with Gasteiger partial charge in [0.05, 0.1) is 12.2 Å². The van der Waals surface area contributed by atoms with Gasteiger partial charge in [-0.3, -0.25) is 0 Å². The molecule has 100 valence electrons. The van der Waals surface area contributed by atoms with Crippen molar-refractivity contribution in [2.75, 3.05) is 13.4 Å². The summed E-state index contributed by atoms with van der Waals surface area (Å²) >= 11 is 0. The van der Waals surface area contributed by atoms with Gasteiger partial charge in [-0.2, -0.15) is 0 Å². The van der Waals surface area contributed by atoms with Crippen LogP contribution in [0, 0.1) is 0 Å². The largest absolute Gasteiger partial charge is 0.493 e. The lowest BCUT2D eigenvalue weighted by Crippen LogP contribution is -2.22.